The molecule has 3 aromatic carbocycles. The summed E-state index contributed by atoms with van der Waals surface area (Å²) in [7, 11) is -21.3. The second kappa shape index (κ2) is 34.1. The van der Waals surface area contributed by atoms with Crippen molar-refractivity contribution < 1.29 is 106 Å². The molecule has 3 amide bonds. The van der Waals surface area contributed by atoms with Crippen molar-refractivity contribution in [3.63, 3.8) is 0 Å². The number of fused-ring (bicyclic) bond motifs is 3. The van der Waals surface area contributed by atoms with Crippen LogP contribution in [-0.4, -0.2) is 166 Å². The number of nitrogens with one attached hydrogen (secondary N) is 3. The predicted octanol–water partition coefficient (Wildman–Crippen LogP) is 5.49. The fraction of sp³-hybridized carbons (Fsp3) is 0.377. The topological polar surface area (TPSA) is 561 Å². The molecule has 1 aliphatic heterocycles. The number of carbonyl (C=O) groups is 3. The lowest BCUT2D eigenvalue weighted by Gasteiger charge is -2.25. The van der Waals surface area contributed by atoms with Crippen molar-refractivity contribution in [2.75, 3.05) is 88.9 Å². The number of carbonyl (C=O) groups excluding carboxylic acids is 3. The van der Waals surface area contributed by atoms with E-state index in [1.54, 1.807) is 59.5 Å². The molecule has 0 spiro atoms. The molecule has 0 radical (unpaired) electrons. The van der Waals surface area contributed by atoms with E-state index >= 15 is 0 Å². The number of hydrogen-bond donors (Lipinski definition) is 9. The number of nitrogens with two attached hydrogens (primary N) is 1. The van der Waals surface area contributed by atoms with Gasteiger partial charge in [0.2, 0.25) is 17.7 Å². The molecule has 6 unspecified atom stereocenters. The highest BCUT2D eigenvalue weighted by Gasteiger charge is 2.44. The number of hydrogen-bond acceptors (Lipinski definition) is 26. The minimum atomic E-state index is -5.84. The van der Waals surface area contributed by atoms with Gasteiger partial charge in [0.05, 0.1) is 49.2 Å². The second-order valence-corrected chi connectivity index (χ2v) is 26.8. The molecule has 1 saturated heterocycles. The molecule has 1 aliphatic rings. The Bertz CT molecular complexity index is 4520. The zero-order valence-corrected chi connectivity index (χ0v) is 54.5. The first kappa shape index (κ1) is 74.2. The molecule has 1 fully saturated rings. The van der Waals surface area contributed by atoms with Crippen LogP contribution >= 0.6 is 35.1 Å². The quantitative estimate of drug-likeness (QED) is 0.00342. The van der Waals surface area contributed by atoms with E-state index in [0.29, 0.717) is 33.6 Å². The molecule has 0 saturated carbocycles. The van der Waals surface area contributed by atoms with Crippen molar-refractivity contribution in [3.05, 3.63) is 127 Å². The average Bonchev–Trinajstić information content (AvgIpc) is 1.76. The summed E-state index contributed by atoms with van der Waals surface area (Å²) in [5.41, 5.74) is 25.8. The molecular weight excluding hydrogens is 1390 g/mol. The monoisotopic (exact) mass is 1450 g/mol. The van der Waals surface area contributed by atoms with Crippen LogP contribution in [0, 0.1) is 11.8 Å². The second-order valence-electron chi connectivity index (χ2n) is 20.4. The smallest absolute Gasteiger partial charge is 0.490 e. The summed E-state index contributed by atoms with van der Waals surface area (Å²) in [5.74, 6) is 3.97. The molecule has 7 aromatic rings. The first-order valence-electron chi connectivity index (χ1n) is 28.4. The summed E-state index contributed by atoms with van der Waals surface area (Å²) < 4.78 is 121. The molecule has 8 rings (SSSR count). The van der Waals surface area contributed by atoms with E-state index in [0.717, 1.165) is 6.33 Å². The van der Waals surface area contributed by atoms with Gasteiger partial charge in [-0.3, -0.25) is 23.5 Å². The maximum Gasteiger partial charge on any atom is 0.490 e. The summed E-state index contributed by atoms with van der Waals surface area (Å²) in [6.07, 6.45) is -1.60. The van der Waals surface area contributed by atoms with Crippen LogP contribution in [-0.2, 0) is 65.5 Å². The van der Waals surface area contributed by atoms with Crippen molar-refractivity contribution in [2.45, 2.75) is 50.3 Å². The molecule has 518 valence electrons. The third-order valence-corrected chi connectivity index (χ3v) is 18.3. The molecular formula is C53H59ClN15O24P3S. The highest BCUT2D eigenvalue weighted by molar-refractivity contribution is 7.85. The average molecular weight is 1450 g/mol. The fourth-order valence-electron chi connectivity index (χ4n) is 9.32. The van der Waals surface area contributed by atoms with Crippen LogP contribution in [0.15, 0.2) is 103 Å². The number of aromatic nitrogens is 4. The summed E-state index contributed by atoms with van der Waals surface area (Å²) >= 11 is 6.08. The maximum atomic E-state index is 13.1. The van der Waals surface area contributed by atoms with Crippen LogP contribution in [0.1, 0.15) is 47.8 Å². The van der Waals surface area contributed by atoms with Crippen molar-refractivity contribution in [1.29, 1.82) is 0 Å². The number of halogens is 1. The standard InChI is InChI=1S/C53H59ClN15O24P3S/c54-35-10-12-40-39(23-35)64-52(90-40)38-22-32-9-11-36(24-41(32)91-53(38)73)68(17-4-20-97(81,82)83)16-3-8-44(70)59-14-15-60-51(72)33-5-1-7-37(21-33)86-29-46(65-67-57)85-19-18-84-28-45(71)58-13-2-6-34-26-69(50-48(34)49(55)61-30-62-50)47-25-42(87-31-63-66-56)43(89-47)27-88-95(77,78)93-96(79,80)92-94(74,75)76/h1,5,7,9-12,21-24,26,30,42-43,46-47H,3-4,8,13-20,25,27-29,31H2,(H,58,71)(H,59,70)(H,60,72)(H,77,78)(H,79,80)(H2,55,61,62)(H2,74,75,76)(H,81,82,83). The van der Waals surface area contributed by atoms with Gasteiger partial charge in [-0.2, -0.15) is 17.0 Å². The Morgan fingerprint density at radius 3 is 2.49 bits per heavy atom. The lowest BCUT2D eigenvalue weighted by Crippen LogP contribution is -2.35. The largest absolute Gasteiger partial charge is 0.491 e. The van der Waals surface area contributed by atoms with E-state index in [4.69, 9.17) is 75.2 Å². The van der Waals surface area contributed by atoms with E-state index in [9.17, 15) is 55.6 Å². The first-order valence-corrected chi connectivity index (χ1v) is 34.9. The van der Waals surface area contributed by atoms with Crippen LogP contribution in [0.4, 0.5) is 11.5 Å². The van der Waals surface area contributed by atoms with Gasteiger partial charge in [0.25, 0.3) is 16.0 Å². The van der Waals surface area contributed by atoms with E-state index < -0.39 is 101 Å². The number of anilines is 2. The zero-order chi connectivity index (χ0) is 69.9. The molecule has 39 nitrogen and oxygen atoms in total. The zero-order valence-electron chi connectivity index (χ0n) is 50.2. The SMILES string of the molecule is [N-]=[N+]=NCOC1CC(n2cc(C#CCNC(=O)COCCOC(COc3cccc(C(=O)NCCNC(=O)CCCN(CCCS(=O)(=O)O)c4ccc5cc(-c6nc7cc(Cl)ccc7o6)c(=O)oc5c4)c3)N=[N+]=[N-])c3c(N)ncnc32)OC1COP(=O)(O)OP(=O)(O)OP(=O)(O)O. The van der Waals surface area contributed by atoms with Gasteiger partial charge in [0.15, 0.2) is 11.8 Å². The van der Waals surface area contributed by atoms with Crippen molar-refractivity contribution in [2.24, 2.45) is 10.2 Å². The predicted molar refractivity (Wildman–Crippen MR) is 339 cm³/mol. The Morgan fingerprint density at radius 1 is 0.928 bits per heavy atom. The van der Waals surface area contributed by atoms with Crippen LogP contribution < -0.4 is 36.9 Å². The molecule has 44 heteroatoms. The van der Waals surface area contributed by atoms with Gasteiger partial charge < -0.3 is 83.2 Å². The normalized spacial score (nSPS) is 16.2. The minimum absolute atomic E-state index is 0.00757. The number of ether oxygens (including phenoxy) is 5. The van der Waals surface area contributed by atoms with Crippen LogP contribution in [0.5, 0.6) is 5.75 Å². The molecule has 4 aromatic heterocycles. The third kappa shape index (κ3) is 22.7. The molecule has 10 N–H and O–H groups in total. The first-order chi connectivity index (χ1) is 46.1. The molecule has 5 heterocycles. The minimum Gasteiger partial charge on any atom is -0.491 e. The van der Waals surface area contributed by atoms with Crippen LogP contribution in [0.25, 0.3) is 65.4 Å². The fourth-order valence-corrected chi connectivity index (χ4v) is 13.0. The summed E-state index contributed by atoms with van der Waals surface area (Å²) in [6, 6.07) is 17.5. The van der Waals surface area contributed by atoms with Gasteiger partial charge >= 0.3 is 29.1 Å². The highest BCUT2D eigenvalue weighted by atomic mass is 35.5. The van der Waals surface area contributed by atoms with Crippen molar-refractivity contribution >= 4 is 108 Å². The number of amides is 3. The Balaban J connectivity index is 0.737. The van der Waals surface area contributed by atoms with Gasteiger partial charge in [-0.1, -0.05) is 39.7 Å². The lowest BCUT2D eigenvalue weighted by atomic mass is 10.1. The third-order valence-electron chi connectivity index (χ3n) is 13.5. The van der Waals surface area contributed by atoms with E-state index in [1.165, 1.54) is 22.9 Å². The number of oxazole rings is 1. The number of rotatable bonds is 36. The van der Waals surface area contributed by atoms with Crippen LogP contribution in [0.2, 0.25) is 5.02 Å². The number of nitrogen functional groups attached to an aromatic ring is 1. The van der Waals surface area contributed by atoms with Crippen molar-refractivity contribution in [1.82, 2.24) is 35.5 Å². The van der Waals surface area contributed by atoms with E-state index in [1.807, 2.05) is 0 Å². The van der Waals surface area contributed by atoms with E-state index in [2.05, 4.69) is 71.4 Å². The number of benzene rings is 3. The summed E-state index contributed by atoms with van der Waals surface area (Å²) in [4.78, 5) is 109. The van der Waals surface area contributed by atoms with Gasteiger partial charge in [-0.15, -0.1) is 0 Å². The Hall–Kier alpha value is -8.60. The lowest BCUT2D eigenvalue weighted by molar-refractivity contribution is -0.126. The number of phosphoric acid groups is 3. The Labute approximate surface area is 552 Å². The van der Waals surface area contributed by atoms with Gasteiger partial charge in [0.1, 0.15) is 72.5 Å². The van der Waals surface area contributed by atoms with Crippen molar-refractivity contribution in [3.8, 4) is 29.0 Å². The number of azide groups is 2. The van der Waals surface area contributed by atoms with Gasteiger partial charge in [0, 0.05) is 82.8 Å². The molecule has 0 bridgehead atoms. The number of phosphoric ester groups is 1. The summed E-state index contributed by atoms with van der Waals surface area (Å²) in [6.45, 7) is -2.10. The van der Waals surface area contributed by atoms with Gasteiger partial charge in [-0.25, -0.2) is 33.4 Å². The Morgan fingerprint density at radius 2 is 1.72 bits per heavy atom. The molecule has 0 aliphatic carbocycles. The number of nitrogens with zero attached hydrogens (tertiary/aromatic N) is 11. The molecule has 97 heavy (non-hydrogen) atoms. The highest BCUT2D eigenvalue weighted by Crippen LogP contribution is 2.66. The van der Waals surface area contributed by atoms with E-state index in [-0.39, 0.29) is 128 Å². The summed E-state index contributed by atoms with van der Waals surface area (Å²) in [5, 5.41) is 16.1. The van der Waals surface area contributed by atoms with Gasteiger partial charge in [-0.05, 0) is 78.5 Å². The van der Waals surface area contributed by atoms with Crippen LogP contribution in [0.3, 0.4) is 0 Å². The maximum absolute atomic E-state index is 13.1. The molecule has 6 atom stereocenters. The Kier molecular flexibility index (Phi) is 26.1.